The van der Waals surface area contributed by atoms with E-state index in [-0.39, 0.29) is 12.2 Å². The van der Waals surface area contributed by atoms with Crippen molar-refractivity contribution in [1.29, 1.82) is 0 Å². The van der Waals surface area contributed by atoms with Crippen molar-refractivity contribution in [3.63, 3.8) is 0 Å². The number of nitrogens with zero attached hydrogens (tertiary/aromatic N) is 1. The second-order valence-corrected chi connectivity index (χ2v) is 9.52. The Bertz CT molecular complexity index is 932. The minimum absolute atomic E-state index is 0.0302. The van der Waals surface area contributed by atoms with E-state index in [2.05, 4.69) is 4.90 Å². The summed E-state index contributed by atoms with van der Waals surface area (Å²) in [6.07, 6.45) is 6.25. The molecule has 1 saturated heterocycles. The topological polar surface area (TPSA) is 64.9 Å². The third kappa shape index (κ3) is 5.51. The summed E-state index contributed by atoms with van der Waals surface area (Å²) in [5.41, 5.74) is 2.92. The predicted octanol–water partition coefficient (Wildman–Crippen LogP) is 2.48. The molecule has 1 heterocycles. The van der Waals surface area contributed by atoms with Crippen molar-refractivity contribution in [2.75, 3.05) is 31.1 Å². The van der Waals surface area contributed by atoms with E-state index in [0.717, 1.165) is 10.6 Å². The van der Waals surface area contributed by atoms with Gasteiger partial charge in [-0.05, 0) is 42.5 Å². The van der Waals surface area contributed by atoms with Gasteiger partial charge in [-0.25, -0.2) is 0 Å². The van der Waals surface area contributed by atoms with Gasteiger partial charge in [0.05, 0.1) is 38.6 Å². The molecule has 1 saturated carbocycles. The number of rotatable bonds is 7. The van der Waals surface area contributed by atoms with Gasteiger partial charge in [0.15, 0.2) is 5.78 Å². The Kier molecular flexibility index (Phi) is 7.48. The van der Waals surface area contributed by atoms with E-state index in [0.29, 0.717) is 42.7 Å². The summed E-state index contributed by atoms with van der Waals surface area (Å²) >= 11 is 6.10. The number of Topliss-reactive ketones (excluding diaryl/α,β-unsaturated/α-hetero) is 1. The second kappa shape index (κ2) is 10.5. The highest BCUT2D eigenvalue weighted by molar-refractivity contribution is 6.30. The quantitative estimate of drug-likeness (QED) is 0.653. The molecule has 2 aromatic rings. The van der Waals surface area contributed by atoms with Crippen molar-refractivity contribution in [3.8, 4) is 0 Å². The standard InChI is InChI=1S/C26H31ClN2O3/c27-22-7-4-8-23(17-22)28-13-15-29(16-14-28)24(26(31)32)18-25(30)21-11-9-20(10-12-21)19-5-2-1-3-6-19/h4,7-12,17,19,24H,1-3,5-6,13-16,18H2,(H,31,32)/t24-/m1/s1. The second-order valence-electron chi connectivity index (χ2n) is 9.08. The maximum absolute atomic E-state index is 12.9. The van der Waals surface area contributed by atoms with Gasteiger partial charge in [-0.2, -0.15) is 0 Å². The number of carboxylic acid groups (broad SMARTS) is 1. The highest BCUT2D eigenvalue weighted by atomic mass is 35.5. The Morgan fingerprint density at radius 1 is 1.03 bits per heavy atom. The number of hydrogen-bond acceptors (Lipinski definition) is 4. The number of anilines is 1. The van der Waals surface area contributed by atoms with Crippen LogP contribution in [0.25, 0.3) is 0 Å². The fraction of sp³-hybridized carbons (Fsp3) is 0.462. The number of benzene rings is 2. The van der Waals surface area contributed by atoms with Crippen LogP contribution < -0.4 is 14.9 Å². The molecule has 5 nitrogen and oxygen atoms in total. The maximum Gasteiger partial charge on any atom is 0.169 e. The third-order valence-corrected chi connectivity index (χ3v) is 7.29. The highest BCUT2D eigenvalue weighted by Gasteiger charge is 2.30. The van der Waals surface area contributed by atoms with E-state index in [1.807, 2.05) is 48.5 Å². The van der Waals surface area contributed by atoms with Gasteiger partial charge in [0, 0.05) is 16.3 Å². The van der Waals surface area contributed by atoms with Gasteiger partial charge in [-0.15, -0.1) is 0 Å². The van der Waals surface area contributed by atoms with Crippen LogP contribution in [0, 0.1) is 0 Å². The molecule has 1 N–H and O–H groups in total. The van der Waals surface area contributed by atoms with Crippen LogP contribution in [0.15, 0.2) is 48.5 Å². The largest absolute Gasteiger partial charge is 0.544 e. The average molecular weight is 455 g/mol. The molecule has 0 bridgehead atoms. The van der Waals surface area contributed by atoms with E-state index in [1.165, 1.54) is 37.7 Å². The van der Waals surface area contributed by atoms with Crippen molar-refractivity contribution in [2.24, 2.45) is 0 Å². The molecule has 6 heteroatoms. The number of carbonyl (C=O) groups excluding carboxylic acids is 2. The van der Waals surface area contributed by atoms with E-state index < -0.39 is 12.0 Å². The van der Waals surface area contributed by atoms with Crippen molar-refractivity contribution < 1.29 is 19.6 Å². The van der Waals surface area contributed by atoms with Gasteiger partial charge in [0.25, 0.3) is 0 Å². The minimum atomic E-state index is -1.15. The lowest BCUT2D eigenvalue weighted by atomic mass is 9.84. The summed E-state index contributed by atoms with van der Waals surface area (Å²) in [5.74, 6) is -0.688. The molecule has 2 fully saturated rings. The van der Waals surface area contributed by atoms with Crippen LogP contribution in [0.2, 0.25) is 5.02 Å². The number of carbonyl (C=O) groups is 2. The van der Waals surface area contributed by atoms with E-state index in [9.17, 15) is 14.7 Å². The summed E-state index contributed by atoms with van der Waals surface area (Å²) in [7, 11) is 0. The van der Waals surface area contributed by atoms with Crippen molar-refractivity contribution in [3.05, 3.63) is 64.7 Å². The molecule has 0 aromatic heterocycles. The molecule has 1 aliphatic heterocycles. The lowest BCUT2D eigenvalue weighted by Crippen LogP contribution is -3.19. The minimum Gasteiger partial charge on any atom is -0.544 e. The number of carboxylic acids is 1. The van der Waals surface area contributed by atoms with Gasteiger partial charge >= 0.3 is 0 Å². The smallest absolute Gasteiger partial charge is 0.169 e. The molecule has 4 rings (SSSR count). The molecular weight excluding hydrogens is 424 g/mol. The molecular formula is C26H31ClN2O3. The van der Waals surface area contributed by atoms with E-state index in [1.54, 1.807) is 0 Å². The van der Waals surface area contributed by atoms with Crippen molar-refractivity contribution >= 4 is 29.0 Å². The van der Waals surface area contributed by atoms with Gasteiger partial charge in [-0.1, -0.05) is 61.2 Å². The van der Waals surface area contributed by atoms with Gasteiger partial charge < -0.3 is 19.7 Å². The number of nitrogens with one attached hydrogen (secondary N) is 1. The van der Waals surface area contributed by atoms with Crippen LogP contribution in [0.1, 0.15) is 60.4 Å². The number of ketones is 1. The van der Waals surface area contributed by atoms with E-state index >= 15 is 0 Å². The Morgan fingerprint density at radius 3 is 2.34 bits per heavy atom. The maximum atomic E-state index is 12.9. The van der Waals surface area contributed by atoms with Gasteiger partial charge in [0.2, 0.25) is 0 Å². The first kappa shape index (κ1) is 22.8. The molecule has 1 aliphatic carbocycles. The predicted molar refractivity (Wildman–Crippen MR) is 124 cm³/mol. The zero-order valence-corrected chi connectivity index (χ0v) is 19.2. The highest BCUT2D eigenvalue weighted by Crippen LogP contribution is 2.32. The lowest BCUT2D eigenvalue weighted by Gasteiger charge is -2.37. The summed E-state index contributed by atoms with van der Waals surface area (Å²) in [4.78, 5) is 27.9. The third-order valence-electron chi connectivity index (χ3n) is 7.06. The molecule has 0 spiro atoms. The van der Waals surface area contributed by atoms with Crippen LogP contribution in [0.4, 0.5) is 5.69 Å². The van der Waals surface area contributed by atoms with Crippen LogP contribution >= 0.6 is 11.6 Å². The first-order valence-corrected chi connectivity index (χ1v) is 12.1. The SMILES string of the molecule is O=C(C[C@H](C(=O)[O-])[NH+]1CCN(c2cccc(Cl)c2)CC1)c1ccc(C2CCCCC2)cc1. The van der Waals surface area contributed by atoms with Crippen LogP contribution in [-0.4, -0.2) is 44.0 Å². The average Bonchev–Trinajstić information content (AvgIpc) is 2.83. The Hall–Kier alpha value is -2.37. The zero-order chi connectivity index (χ0) is 22.5. The number of hydrogen-bond donors (Lipinski definition) is 1. The van der Waals surface area contributed by atoms with Crippen molar-refractivity contribution in [1.82, 2.24) is 0 Å². The summed E-state index contributed by atoms with van der Waals surface area (Å²) < 4.78 is 0. The molecule has 0 unspecified atom stereocenters. The number of halogens is 1. The molecule has 0 amide bonds. The van der Waals surface area contributed by atoms with Crippen LogP contribution in [0.5, 0.6) is 0 Å². The molecule has 32 heavy (non-hydrogen) atoms. The number of quaternary nitrogens is 1. The van der Waals surface area contributed by atoms with Gasteiger partial charge in [0.1, 0.15) is 6.04 Å². The molecule has 0 radical (unpaired) electrons. The van der Waals surface area contributed by atoms with E-state index in [4.69, 9.17) is 11.6 Å². The first-order chi connectivity index (χ1) is 15.5. The fourth-order valence-electron chi connectivity index (χ4n) is 5.15. The monoisotopic (exact) mass is 454 g/mol. The summed E-state index contributed by atoms with van der Waals surface area (Å²) in [6.45, 7) is 2.70. The van der Waals surface area contributed by atoms with Crippen LogP contribution in [-0.2, 0) is 4.79 Å². The lowest BCUT2D eigenvalue weighted by molar-refractivity contribution is -0.918. The molecule has 2 aliphatic rings. The Labute approximate surface area is 195 Å². The number of aliphatic carboxylic acids is 1. The molecule has 170 valence electrons. The van der Waals surface area contributed by atoms with Gasteiger partial charge in [-0.3, -0.25) is 4.79 Å². The fourth-order valence-corrected chi connectivity index (χ4v) is 5.33. The van der Waals surface area contributed by atoms with Crippen molar-refractivity contribution in [2.45, 2.75) is 50.5 Å². The molecule has 1 atom stereocenters. The number of piperazine rings is 1. The summed E-state index contributed by atoms with van der Waals surface area (Å²) in [6, 6.07) is 14.7. The normalized spacial score (nSPS) is 19.0. The molecule has 2 aromatic carbocycles. The van der Waals surface area contributed by atoms with Crippen LogP contribution in [0.3, 0.4) is 0 Å². The Balaban J connectivity index is 1.36. The summed E-state index contributed by atoms with van der Waals surface area (Å²) in [5, 5.41) is 12.6. The Morgan fingerprint density at radius 2 is 1.72 bits per heavy atom. The zero-order valence-electron chi connectivity index (χ0n) is 18.4. The first-order valence-electron chi connectivity index (χ1n) is 11.7.